The maximum atomic E-state index is 11.8. The summed E-state index contributed by atoms with van der Waals surface area (Å²) in [6.07, 6.45) is 6.22. The van der Waals surface area contributed by atoms with Crippen LogP contribution >= 0.6 is 0 Å². The summed E-state index contributed by atoms with van der Waals surface area (Å²) < 4.78 is 5.11. The van der Waals surface area contributed by atoms with Gasteiger partial charge >= 0.3 is 5.97 Å². The van der Waals surface area contributed by atoms with Crippen molar-refractivity contribution >= 4 is 11.9 Å². The number of aliphatic imine (C=N–C) groups is 1. The zero-order valence-electron chi connectivity index (χ0n) is 14.0. The lowest BCUT2D eigenvalue weighted by molar-refractivity contribution is -0.149. The molecule has 1 aromatic rings. The van der Waals surface area contributed by atoms with E-state index in [2.05, 4.69) is 26.3 Å². The van der Waals surface area contributed by atoms with Crippen molar-refractivity contribution in [3.05, 3.63) is 30.1 Å². The minimum Gasteiger partial charge on any atom is -0.466 e. The van der Waals surface area contributed by atoms with Gasteiger partial charge in [-0.05, 0) is 37.8 Å². The number of hydrogen-bond donors (Lipinski definition) is 1. The fourth-order valence-electron chi connectivity index (χ4n) is 2.78. The molecule has 2 heterocycles. The maximum absolute atomic E-state index is 11.8. The number of ether oxygens (including phenoxy) is 1. The van der Waals surface area contributed by atoms with Crippen LogP contribution in [0.4, 0.5) is 0 Å². The van der Waals surface area contributed by atoms with E-state index in [0.29, 0.717) is 6.61 Å². The molecule has 0 saturated carbocycles. The number of pyridine rings is 1. The molecule has 1 saturated heterocycles. The smallest absolute Gasteiger partial charge is 0.309 e. The highest BCUT2D eigenvalue weighted by Gasteiger charge is 2.27. The number of nitrogens with one attached hydrogen (secondary N) is 1. The topological polar surface area (TPSA) is 66.8 Å². The van der Waals surface area contributed by atoms with Crippen molar-refractivity contribution in [1.29, 1.82) is 0 Å². The van der Waals surface area contributed by atoms with Gasteiger partial charge in [-0.1, -0.05) is 6.07 Å². The van der Waals surface area contributed by atoms with Crippen molar-refractivity contribution in [2.45, 2.75) is 26.2 Å². The highest BCUT2D eigenvalue weighted by Crippen LogP contribution is 2.18. The number of guanidine groups is 1. The minimum atomic E-state index is -0.0633. The summed E-state index contributed by atoms with van der Waals surface area (Å²) >= 11 is 0. The van der Waals surface area contributed by atoms with Crippen molar-refractivity contribution < 1.29 is 9.53 Å². The molecule has 0 radical (unpaired) electrons. The molecular weight excluding hydrogens is 292 g/mol. The second-order valence-corrected chi connectivity index (χ2v) is 5.60. The number of likely N-dealkylation sites (tertiary alicyclic amines) is 1. The molecule has 0 bridgehead atoms. The number of aromatic nitrogens is 1. The van der Waals surface area contributed by atoms with E-state index in [0.717, 1.165) is 44.9 Å². The number of carbonyl (C=O) groups is 1. The molecule has 0 aromatic carbocycles. The first kappa shape index (κ1) is 17.2. The molecule has 23 heavy (non-hydrogen) atoms. The molecule has 1 aliphatic heterocycles. The van der Waals surface area contributed by atoms with E-state index in [-0.39, 0.29) is 11.9 Å². The zero-order chi connectivity index (χ0) is 16.5. The lowest BCUT2D eigenvalue weighted by Gasteiger charge is -2.33. The number of esters is 1. The fourth-order valence-corrected chi connectivity index (χ4v) is 2.78. The SMILES string of the molecule is CCOC(=O)C1CCN(C(=NC)NCCc2cccnc2)CC1. The molecule has 1 N–H and O–H groups in total. The highest BCUT2D eigenvalue weighted by atomic mass is 16.5. The van der Waals surface area contributed by atoms with E-state index in [1.807, 2.05) is 19.2 Å². The molecule has 0 atom stereocenters. The molecule has 2 rings (SSSR count). The first-order valence-corrected chi connectivity index (χ1v) is 8.25. The molecule has 0 aliphatic carbocycles. The number of piperidine rings is 1. The van der Waals surface area contributed by atoms with Gasteiger partial charge in [-0.25, -0.2) is 0 Å². The van der Waals surface area contributed by atoms with Crippen molar-refractivity contribution in [3.63, 3.8) is 0 Å². The van der Waals surface area contributed by atoms with E-state index in [1.54, 1.807) is 13.2 Å². The largest absolute Gasteiger partial charge is 0.466 e. The van der Waals surface area contributed by atoms with Gasteiger partial charge in [0.2, 0.25) is 0 Å². The second kappa shape index (κ2) is 9.12. The van der Waals surface area contributed by atoms with Crippen LogP contribution in [-0.4, -0.2) is 55.1 Å². The molecule has 0 unspecified atom stereocenters. The van der Waals surface area contributed by atoms with Crippen LogP contribution in [0.5, 0.6) is 0 Å². The van der Waals surface area contributed by atoms with Crippen molar-refractivity contribution in [2.75, 3.05) is 33.3 Å². The standard InChI is InChI=1S/C17H26N4O2/c1-3-23-16(22)15-7-11-21(12-8-15)17(18-2)20-10-6-14-5-4-9-19-13-14/h4-5,9,13,15H,3,6-8,10-12H2,1-2H3,(H,18,20). The predicted octanol–water partition coefficient (Wildman–Crippen LogP) is 1.47. The van der Waals surface area contributed by atoms with Gasteiger partial charge in [-0.2, -0.15) is 0 Å². The van der Waals surface area contributed by atoms with Gasteiger partial charge < -0.3 is 15.0 Å². The van der Waals surface area contributed by atoms with Crippen molar-refractivity contribution in [2.24, 2.45) is 10.9 Å². The Bertz CT molecular complexity index is 511. The third-order valence-electron chi connectivity index (χ3n) is 4.05. The molecular formula is C17H26N4O2. The molecule has 1 fully saturated rings. The van der Waals surface area contributed by atoms with Crippen molar-refractivity contribution in [1.82, 2.24) is 15.2 Å². The summed E-state index contributed by atoms with van der Waals surface area (Å²) in [5.74, 6) is 0.863. The van der Waals surface area contributed by atoms with Crippen molar-refractivity contribution in [3.8, 4) is 0 Å². The molecule has 1 aliphatic rings. The summed E-state index contributed by atoms with van der Waals surface area (Å²) in [6, 6.07) is 4.02. The zero-order valence-corrected chi connectivity index (χ0v) is 14.0. The first-order chi connectivity index (χ1) is 11.2. The van der Waals surface area contributed by atoms with Gasteiger partial charge in [0, 0.05) is 39.1 Å². The average Bonchev–Trinajstić information content (AvgIpc) is 2.60. The molecule has 6 heteroatoms. The quantitative estimate of drug-likeness (QED) is 0.506. The summed E-state index contributed by atoms with van der Waals surface area (Å²) in [4.78, 5) is 22.5. The summed E-state index contributed by atoms with van der Waals surface area (Å²) in [5, 5.41) is 3.39. The Kier molecular flexibility index (Phi) is 6.84. The predicted molar refractivity (Wildman–Crippen MR) is 90.2 cm³/mol. The second-order valence-electron chi connectivity index (χ2n) is 5.60. The lowest BCUT2D eigenvalue weighted by Crippen LogP contribution is -2.47. The van der Waals surface area contributed by atoms with Gasteiger partial charge in [0.15, 0.2) is 5.96 Å². The number of carbonyl (C=O) groups excluding carboxylic acids is 1. The van der Waals surface area contributed by atoms with E-state index >= 15 is 0 Å². The van der Waals surface area contributed by atoms with Crippen LogP contribution in [-0.2, 0) is 16.0 Å². The van der Waals surface area contributed by atoms with Crippen LogP contribution in [0.25, 0.3) is 0 Å². The van der Waals surface area contributed by atoms with Crippen LogP contribution < -0.4 is 5.32 Å². The molecule has 6 nitrogen and oxygen atoms in total. The van der Waals surface area contributed by atoms with E-state index in [1.165, 1.54) is 5.56 Å². The first-order valence-electron chi connectivity index (χ1n) is 8.25. The van der Waals surface area contributed by atoms with Gasteiger partial charge in [0.05, 0.1) is 12.5 Å². The third kappa shape index (κ3) is 5.23. The van der Waals surface area contributed by atoms with Crippen LogP contribution in [0.15, 0.2) is 29.5 Å². The Hall–Kier alpha value is -2.11. The Balaban J connectivity index is 1.76. The van der Waals surface area contributed by atoms with Crippen LogP contribution in [0.3, 0.4) is 0 Å². The summed E-state index contributed by atoms with van der Waals surface area (Å²) in [5.41, 5.74) is 1.21. The average molecular weight is 318 g/mol. The minimum absolute atomic E-state index is 0.0275. The normalized spacial score (nSPS) is 16.3. The third-order valence-corrected chi connectivity index (χ3v) is 4.05. The van der Waals surface area contributed by atoms with Crippen LogP contribution in [0.2, 0.25) is 0 Å². The van der Waals surface area contributed by atoms with Gasteiger partial charge in [-0.15, -0.1) is 0 Å². The molecule has 0 amide bonds. The van der Waals surface area contributed by atoms with E-state index in [9.17, 15) is 4.79 Å². The Morgan fingerprint density at radius 3 is 2.87 bits per heavy atom. The fraction of sp³-hybridized carbons (Fsp3) is 0.588. The lowest BCUT2D eigenvalue weighted by atomic mass is 9.97. The number of nitrogens with zero attached hydrogens (tertiary/aromatic N) is 3. The van der Waals surface area contributed by atoms with E-state index in [4.69, 9.17) is 4.74 Å². The Labute approximate surface area is 138 Å². The van der Waals surface area contributed by atoms with Gasteiger partial charge in [-0.3, -0.25) is 14.8 Å². The number of rotatable bonds is 5. The maximum Gasteiger partial charge on any atom is 0.309 e. The molecule has 0 spiro atoms. The Morgan fingerprint density at radius 1 is 1.48 bits per heavy atom. The monoisotopic (exact) mass is 318 g/mol. The number of hydrogen-bond acceptors (Lipinski definition) is 4. The summed E-state index contributed by atoms with van der Waals surface area (Å²) in [7, 11) is 1.80. The Morgan fingerprint density at radius 2 is 2.26 bits per heavy atom. The van der Waals surface area contributed by atoms with Gasteiger partial charge in [0.1, 0.15) is 0 Å². The molecule has 126 valence electrons. The summed E-state index contributed by atoms with van der Waals surface area (Å²) in [6.45, 7) is 4.78. The van der Waals surface area contributed by atoms with Crippen LogP contribution in [0, 0.1) is 5.92 Å². The molecule has 1 aromatic heterocycles. The highest BCUT2D eigenvalue weighted by molar-refractivity contribution is 5.80. The van der Waals surface area contributed by atoms with Crippen LogP contribution in [0.1, 0.15) is 25.3 Å². The van der Waals surface area contributed by atoms with Gasteiger partial charge in [0.25, 0.3) is 0 Å². The van der Waals surface area contributed by atoms with E-state index < -0.39 is 0 Å².